The first-order valence-electron chi connectivity index (χ1n) is 32.3. The molecule has 0 spiro atoms. The molecule has 0 aromatic carbocycles. The molecule has 3 rings (SSSR count). The van der Waals surface area contributed by atoms with Crippen molar-refractivity contribution in [1.82, 2.24) is 5.32 Å². The topological polar surface area (TPSA) is 307 Å². The molecule has 19 nitrogen and oxygen atoms in total. The van der Waals surface area contributed by atoms with E-state index in [1.165, 1.54) is 70.6 Å². The average molecular weight is 1210 g/mol. The minimum absolute atomic E-state index is 0.218. The molecular weight excluding hydrogens is 1090 g/mol. The number of carbonyl (C=O) groups excluding carboxylic acids is 1. The van der Waals surface area contributed by atoms with E-state index in [1.807, 2.05) is 6.08 Å². The van der Waals surface area contributed by atoms with Crippen LogP contribution in [0.15, 0.2) is 85.1 Å². The van der Waals surface area contributed by atoms with Gasteiger partial charge in [-0.2, -0.15) is 0 Å². The Labute approximate surface area is 508 Å². The first-order chi connectivity index (χ1) is 41.3. The number of hydrogen-bond donors (Lipinski definition) is 12. The van der Waals surface area contributed by atoms with E-state index in [0.29, 0.717) is 12.8 Å². The van der Waals surface area contributed by atoms with Crippen LogP contribution in [0.25, 0.3) is 0 Å². The van der Waals surface area contributed by atoms with Crippen LogP contribution in [0.3, 0.4) is 0 Å². The fourth-order valence-electron chi connectivity index (χ4n) is 10.4. The first-order valence-corrected chi connectivity index (χ1v) is 32.3. The van der Waals surface area contributed by atoms with Crippen molar-refractivity contribution in [3.05, 3.63) is 85.1 Å². The smallest absolute Gasteiger partial charge is 0.220 e. The predicted molar refractivity (Wildman–Crippen MR) is 328 cm³/mol. The molecule has 0 aliphatic carbocycles. The van der Waals surface area contributed by atoms with E-state index in [4.69, 9.17) is 28.4 Å². The van der Waals surface area contributed by atoms with Crippen LogP contribution < -0.4 is 5.32 Å². The number of aliphatic hydroxyl groups is 11. The van der Waals surface area contributed by atoms with Crippen LogP contribution in [-0.2, 0) is 33.2 Å². The molecule has 17 unspecified atom stereocenters. The lowest BCUT2D eigenvalue weighted by molar-refractivity contribution is -0.379. The van der Waals surface area contributed by atoms with E-state index in [1.54, 1.807) is 6.08 Å². The van der Waals surface area contributed by atoms with Crippen LogP contribution in [0.2, 0.25) is 0 Å². The van der Waals surface area contributed by atoms with Gasteiger partial charge in [-0.15, -0.1) is 0 Å². The van der Waals surface area contributed by atoms with E-state index >= 15 is 0 Å². The zero-order valence-electron chi connectivity index (χ0n) is 51.3. The molecule has 17 atom stereocenters. The summed E-state index contributed by atoms with van der Waals surface area (Å²) < 4.78 is 34.3. The Kier molecular flexibility index (Phi) is 43.0. The number of amides is 1. The van der Waals surface area contributed by atoms with Crippen LogP contribution in [0.4, 0.5) is 0 Å². The fraction of sp³-hybridized carbons (Fsp3) is 0.773. The Morgan fingerprint density at radius 1 is 0.435 bits per heavy atom. The normalized spacial score (nSPS) is 29.5. The van der Waals surface area contributed by atoms with Gasteiger partial charge in [-0.25, -0.2) is 0 Å². The van der Waals surface area contributed by atoms with Crippen molar-refractivity contribution < 1.29 is 89.4 Å². The standard InChI is InChI=1S/C66H113NO18/c1-3-5-7-9-11-13-15-17-19-21-23-24-26-28-30-32-34-36-38-40-42-44-54(72)67-49(50(71)43-41-39-37-35-33-31-29-27-25-22-20-18-16-14-12-10-8-6-4-2)48-80-64-60(78)57(75)62(52(46-69)82-64)85-66-61(79)58(76)63(53(47-70)83-66)84-65-59(77)56(74)55(73)51(45-68)81-65/h5,7,11,13,17,19,23-25,27,33,35,41,43,49-53,55-66,68-71,73-79H,3-4,6,8-10,12,14-16,18,20-22,26,28-32,34,36-40,42,44-48H2,1-2H3,(H,67,72)/b7-5-,13-11-,19-17-,24-23-,27-25+,35-33+,43-41+. The van der Waals surface area contributed by atoms with Gasteiger partial charge in [-0.1, -0.05) is 189 Å². The summed E-state index contributed by atoms with van der Waals surface area (Å²) in [4.78, 5) is 13.4. The lowest BCUT2D eigenvalue weighted by Gasteiger charge is -2.48. The highest BCUT2D eigenvalue weighted by molar-refractivity contribution is 5.76. The Bertz CT molecular complexity index is 1880. The monoisotopic (exact) mass is 1210 g/mol. The van der Waals surface area contributed by atoms with Crippen molar-refractivity contribution >= 4 is 5.91 Å². The summed E-state index contributed by atoms with van der Waals surface area (Å²) in [5.74, 6) is -0.302. The highest BCUT2D eigenvalue weighted by Gasteiger charge is 2.53. The second-order valence-corrected chi connectivity index (χ2v) is 22.8. The molecule has 19 heteroatoms. The van der Waals surface area contributed by atoms with E-state index in [2.05, 4.69) is 92.1 Å². The van der Waals surface area contributed by atoms with Gasteiger partial charge < -0.3 is 89.9 Å². The molecule has 3 aliphatic heterocycles. The van der Waals surface area contributed by atoms with Gasteiger partial charge in [0.1, 0.15) is 73.2 Å². The van der Waals surface area contributed by atoms with Crippen LogP contribution >= 0.6 is 0 Å². The SMILES string of the molecule is CC/C=C\C/C=C\C/C=C\C/C=C\CCCCCCCCCCC(=O)NC(COC1OC(CO)C(OC2OC(CO)C(OC3OC(CO)C(O)C(O)C3O)C(O)C2O)C(O)C1O)C(O)/C=C/CC/C=C/CC/C=C/CCCCCCCCCCC. The van der Waals surface area contributed by atoms with Gasteiger partial charge in [0.15, 0.2) is 18.9 Å². The number of rotatable bonds is 47. The zero-order valence-corrected chi connectivity index (χ0v) is 51.3. The maximum Gasteiger partial charge on any atom is 0.220 e. The number of hydrogen-bond acceptors (Lipinski definition) is 18. The third kappa shape index (κ3) is 30.8. The molecule has 85 heavy (non-hydrogen) atoms. The van der Waals surface area contributed by atoms with Gasteiger partial charge in [0.05, 0.1) is 38.6 Å². The Hall–Kier alpha value is -3.03. The first kappa shape index (κ1) is 76.2. The fourth-order valence-corrected chi connectivity index (χ4v) is 10.4. The van der Waals surface area contributed by atoms with E-state index in [-0.39, 0.29) is 18.9 Å². The van der Waals surface area contributed by atoms with Gasteiger partial charge in [0.2, 0.25) is 5.91 Å². The van der Waals surface area contributed by atoms with Crippen molar-refractivity contribution in [3.63, 3.8) is 0 Å². The molecule has 490 valence electrons. The largest absolute Gasteiger partial charge is 0.394 e. The molecular formula is C66H113NO18. The molecule has 12 N–H and O–H groups in total. The molecule has 0 aromatic rings. The lowest BCUT2D eigenvalue weighted by Crippen LogP contribution is -2.66. The van der Waals surface area contributed by atoms with Crippen molar-refractivity contribution in [2.45, 2.75) is 298 Å². The van der Waals surface area contributed by atoms with Crippen LogP contribution in [0.1, 0.15) is 194 Å². The van der Waals surface area contributed by atoms with Crippen molar-refractivity contribution in [2.75, 3.05) is 26.4 Å². The molecule has 0 radical (unpaired) electrons. The summed E-state index contributed by atoms with van der Waals surface area (Å²) in [6.07, 6.45) is 32.7. The summed E-state index contributed by atoms with van der Waals surface area (Å²) in [5, 5.41) is 120. The third-order valence-electron chi connectivity index (χ3n) is 15.7. The minimum atomic E-state index is -1.99. The number of carbonyl (C=O) groups is 1. The molecule has 0 bridgehead atoms. The number of allylic oxidation sites excluding steroid dienone is 13. The molecule has 0 saturated carbocycles. The summed E-state index contributed by atoms with van der Waals surface area (Å²) in [6, 6.07) is -1.01. The zero-order chi connectivity index (χ0) is 61.9. The summed E-state index contributed by atoms with van der Waals surface area (Å²) in [6.45, 7) is 1.57. The molecule has 0 aromatic heterocycles. The number of unbranched alkanes of at least 4 members (excludes halogenated alkanes) is 19. The molecule has 3 fully saturated rings. The summed E-state index contributed by atoms with van der Waals surface area (Å²) >= 11 is 0. The Morgan fingerprint density at radius 2 is 0.824 bits per heavy atom. The minimum Gasteiger partial charge on any atom is -0.394 e. The summed E-state index contributed by atoms with van der Waals surface area (Å²) in [5.41, 5.74) is 0. The number of aliphatic hydroxyl groups excluding tert-OH is 11. The Balaban J connectivity index is 1.50. The van der Waals surface area contributed by atoms with E-state index < -0.39 is 124 Å². The van der Waals surface area contributed by atoms with Crippen LogP contribution in [0, 0.1) is 0 Å². The second kappa shape index (κ2) is 47.9. The van der Waals surface area contributed by atoms with Crippen LogP contribution in [0.5, 0.6) is 0 Å². The number of ether oxygens (including phenoxy) is 6. The molecule has 3 saturated heterocycles. The quantitative estimate of drug-likeness (QED) is 0.0213. The lowest BCUT2D eigenvalue weighted by atomic mass is 9.96. The molecule has 3 aliphatic rings. The highest BCUT2D eigenvalue weighted by Crippen LogP contribution is 2.33. The van der Waals surface area contributed by atoms with Gasteiger partial charge >= 0.3 is 0 Å². The van der Waals surface area contributed by atoms with Gasteiger partial charge in [0.25, 0.3) is 0 Å². The molecule has 3 heterocycles. The molecule has 1 amide bonds. The predicted octanol–water partition coefficient (Wildman–Crippen LogP) is 7.15. The van der Waals surface area contributed by atoms with Gasteiger partial charge in [-0.05, 0) is 83.5 Å². The second-order valence-electron chi connectivity index (χ2n) is 22.8. The van der Waals surface area contributed by atoms with Crippen molar-refractivity contribution in [1.29, 1.82) is 0 Å². The summed E-state index contributed by atoms with van der Waals surface area (Å²) in [7, 11) is 0. The third-order valence-corrected chi connectivity index (χ3v) is 15.7. The van der Waals surface area contributed by atoms with Gasteiger partial charge in [0, 0.05) is 6.42 Å². The number of nitrogens with one attached hydrogen (secondary N) is 1. The van der Waals surface area contributed by atoms with Crippen molar-refractivity contribution in [2.24, 2.45) is 0 Å². The Morgan fingerprint density at radius 3 is 1.32 bits per heavy atom. The average Bonchev–Trinajstić information content (AvgIpc) is 3.10. The van der Waals surface area contributed by atoms with Crippen LogP contribution in [-0.4, -0.2) is 193 Å². The maximum absolute atomic E-state index is 13.4. The van der Waals surface area contributed by atoms with E-state index in [9.17, 15) is 61.0 Å². The highest BCUT2D eigenvalue weighted by atomic mass is 16.8. The van der Waals surface area contributed by atoms with Gasteiger partial charge in [-0.3, -0.25) is 4.79 Å². The van der Waals surface area contributed by atoms with E-state index in [0.717, 1.165) is 89.9 Å². The van der Waals surface area contributed by atoms with Crippen molar-refractivity contribution in [3.8, 4) is 0 Å². The maximum atomic E-state index is 13.4.